The molecule has 1 aliphatic carbocycles. The number of carbonyl (C=O) groups is 1. The van der Waals surface area contributed by atoms with E-state index in [1.54, 1.807) is 0 Å². The molecule has 2 fully saturated rings. The molecule has 0 bridgehead atoms. The average Bonchev–Trinajstić information content (AvgIpc) is 2.70. The Bertz CT molecular complexity index is 221. The van der Waals surface area contributed by atoms with Crippen molar-refractivity contribution in [3.8, 4) is 0 Å². The van der Waals surface area contributed by atoms with Crippen LogP contribution in [0.4, 0.5) is 0 Å². The molecule has 0 aromatic heterocycles. The second-order valence-corrected chi connectivity index (χ2v) is 5.38. The first kappa shape index (κ1) is 11.1. The summed E-state index contributed by atoms with van der Waals surface area (Å²) in [5.74, 6) is 0.400. The van der Waals surface area contributed by atoms with Crippen molar-refractivity contribution in [2.75, 3.05) is 19.6 Å². The second-order valence-electron chi connectivity index (χ2n) is 5.38. The molecule has 2 heteroatoms. The smallest absolute Gasteiger partial charge is 0.146 e. The van der Waals surface area contributed by atoms with E-state index in [4.69, 9.17) is 0 Å². The highest BCUT2D eigenvalue weighted by Crippen LogP contribution is 2.45. The molecule has 1 heterocycles. The monoisotopic (exact) mass is 209 g/mol. The number of piperidine rings is 1. The Morgan fingerprint density at radius 2 is 1.73 bits per heavy atom. The quantitative estimate of drug-likeness (QED) is 0.712. The molecular formula is C13H23NO. The van der Waals surface area contributed by atoms with Crippen LogP contribution in [0.3, 0.4) is 0 Å². The molecular weight excluding hydrogens is 186 g/mol. The third kappa shape index (κ3) is 2.60. The Morgan fingerprint density at radius 3 is 2.27 bits per heavy atom. The van der Waals surface area contributed by atoms with Gasteiger partial charge in [-0.05, 0) is 44.2 Å². The molecule has 15 heavy (non-hydrogen) atoms. The fraction of sp³-hybridized carbons (Fsp3) is 0.923. The number of rotatable bonds is 3. The first-order valence-electron chi connectivity index (χ1n) is 6.48. The lowest BCUT2D eigenvalue weighted by Gasteiger charge is -2.39. The van der Waals surface area contributed by atoms with Gasteiger partial charge in [0, 0.05) is 6.42 Å². The molecule has 86 valence electrons. The minimum Gasteiger partial charge on any atom is -0.298 e. The SMILES string of the molecule is CCC(=O)CN1CCC2(CCCC2)CC1. The first-order chi connectivity index (χ1) is 7.24. The summed E-state index contributed by atoms with van der Waals surface area (Å²) in [4.78, 5) is 13.7. The minimum atomic E-state index is 0.400. The highest BCUT2D eigenvalue weighted by Gasteiger charge is 2.36. The van der Waals surface area contributed by atoms with Crippen molar-refractivity contribution in [2.24, 2.45) is 5.41 Å². The summed E-state index contributed by atoms with van der Waals surface area (Å²) in [6.07, 6.45) is 9.14. The van der Waals surface area contributed by atoms with E-state index in [-0.39, 0.29) is 0 Å². The molecule has 0 N–H and O–H groups in total. The summed E-state index contributed by atoms with van der Waals surface area (Å²) in [7, 11) is 0. The maximum atomic E-state index is 11.4. The van der Waals surface area contributed by atoms with Crippen LogP contribution in [0.15, 0.2) is 0 Å². The van der Waals surface area contributed by atoms with Gasteiger partial charge in [0.2, 0.25) is 0 Å². The van der Waals surface area contributed by atoms with E-state index >= 15 is 0 Å². The number of hydrogen-bond donors (Lipinski definition) is 0. The van der Waals surface area contributed by atoms with Crippen LogP contribution in [0.1, 0.15) is 51.9 Å². The lowest BCUT2D eigenvalue weighted by Crippen LogP contribution is -2.41. The normalized spacial score (nSPS) is 25.9. The van der Waals surface area contributed by atoms with Crippen molar-refractivity contribution >= 4 is 5.78 Å². The highest BCUT2D eigenvalue weighted by molar-refractivity contribution is 5.80. The summed E-state index contributed by atoms with van der Waals surface area (Å²) in [6.45, 7) is 4.98. The molecule has 0 unspecified atom stereocenters. The van der Waals surface area contributed by atoms with Crippen molar-refractivity contribution in [1.29, 1.82) is 0 Å². The summed E-state index contributed by atoms with van der Waals surface area (Å²) >= 11 is 0. The van der Waals surface area contributed by atoms with Crippen LogP contribution in [-0.4, -0.2) is 30.3 Å². The summed E-state index contributed by atoms with van der Waals surface area (Å²) in [5.41, 5.74) is 0.686. The lowest BCUT2D eigenvalue weighted by molar-refractivity contribution is -0.120. The molecule has 0 radical (unpaired) electrons. The van der Waals surface area contributed by atoms with Crippen LogP contribution >= 0.6 is 0 Å². The molecule has 2 aliphatic rings. The van der Waals surface area contributed by atoms with E-state index in [1.165, 1.54) is 38.5 Å². The molecule has 1 saturated carbocycles. The van der Waals surface area contributed by atoms with Crippen LogP contribution < -0.4 is 0 Å². The lowest BCUT2D eigenvalue weighted by atomic mass is 9.77. The van der Waals surface area contributed by atoms with Gasteiger partial charge in [-0.15, -0.1) is 0 Å². The van der Waals surface area contributed by atoms with E-state index < -0.39 is 0 Å². The summed E-state index contributed by atoms with van der Waals surface area (Å²) < 4.78 is 0. The van der Waals surface area contributed by atoms with Crippen molar-refractivity contribution < 1.29 is 4.79 Å². The Balaban J connectivity index is 1.79. The van der Waals surface area contributed by atoms with E-state index in [9.17, 15) is 4.79 Å². The van der Waals surface area contributed by atoms with E-state index in [1.807, 2.05) is 6.92 Å². The highest BCUT2D eigenvalue weighted by atomic mass is 16.1. The molecule has 2 nitrogen and oxygen atoms in total. The number of nitrogens with zero attached hydrogens (tertiary/aromatic N) is 1. The van der Waals surface area contributed by atoms with Gasteiger partial charge in [0.1, 0.15) is 5.78 Å². The van der Waals surface area contributed by atoms with Crippen molar-refractivity contribution in [3.63, 3.8) is 0 Å². The Hall–Kier alpha value is -0.370. The van der Waals surface area contributed by atoms with Crippen LogP contribution in [-0.2, 0) is 4.79 Å². The number of ketones is 1. The van der Waals surface area contributed by atoms with Crippen molar-refractivity contribution in [3.05, 3.63) is 0 Å². The van der Waals surface area contributed by atoms with Gasteiger partial charge in [0.05, 0.1) is 6.54 Å². The molecule has 1 aliphatic heterocycles. The minimum absolute atomic E-state index is 0.400. The van der Waals surface area contributed by atoms with Crippen LogP contribution in [0, 0.1) is 5.41 Å². The predicted octanol–water partition coefficient (Wildman–Crippen LogP) is 2.62. The summed E-state index contributed by atoms with van der Waals surface area (Å²) in [6, 6.07) is 0. The first-order valence-corrected chi connectivity index (χ1v) is 6.48. The van der Waals surface area contributed by atoms with Crippen LogP contribution in [0.25, 0.3) is 0 Å². The van der Waals surface area contributed by atoms with Gasteiger partial charge in [-0.1, -0.05) is 19.8 Å². The Kier molecular flexibility index (Phi) is 3.45. The number of carbonyl (C=O) groups excluding carboxylic acids is 1. The molecule has 0 atom stereocenters. The molecule has 1 saturated heterocycles. The third-order valence-electron chi connectivity index (χ3n) is 4.38. The topological polar surface area (TPSA) is 20.3 Å². The van der Waals surface area contributed by atoms with Crippen LogP contribution in [0.2, 0.25) is 0 Å². The number of likely N-dealkylation sites (tertiary alicyclic amines) is 1. The van der Waals surface area contributed by atoms with Crippen LogP contribution in [0.5, 0.6) is 0 Å². The zero-order chi connectivity index (χ0) is 10.7. The maximum Gasteiger partial charge on any atom is 0.146 e. The zero-order valence-electron chi connectivity index (χ0n) is 9.93. The fourth-order valence-corrected chi connectivity index (χ4v) is 3.17. The number of hydrogen-bond acceptors (Lipinski definition) is 2. The van der Waals surface area contributed by atoms with Gasteiger partial charge in [0.15, 0.2) is 0 Å². The second kappa shape index (κ2) is 4.65. The summed E-state index contributed by atoms with van der Waals surface area (Å²) in [5, 5.41) is 0. The van der Waals surface area contributed by atoms with Crippen molar-refractivity contribution in [2.45, 2.75) is 51.9 Å². The zero-order valence-corrected chi connectivity index (χ0v) is 9.93. The molecule has 0 amide bonds. The van der Waals surface area contributed by atoms with Gasteiger partial charge in [-0.3, -0.25) is 9.69 Å². The molecule has 1 spiro atoms. The standard InChI is InChI=1S/C13H23NO/c1-2-12(15)11-14-9-7-13(8-10-14)5-3-4-6-13/h2-11H2,1H3. The van der Waals surface area contributed by atoms with Gasteiger partial charge in [-0.25, -0.2) is 0 Å². The molecule has 0 aromatic carbocycles. The number of Topliss-reactive ketones (excluding diaryl/α,β-unsaturated/α-hetero) is 1. The largest absolute Gasteiger partial charge is 0.298 e. The van der Waals surface area contributed by atoms with E-state index in [0.717, 1.165) is 13.1 Å². The van der Waals surface area contributed by atoms with Crippen molar-refractivity contribution in [1.82, 2.24) is 4.90 Å². The average molecular weight is 209 g/mol. The maximum absolute atomic E-state index is 11.4. The Morgan fingerprint density at radius 1 is 1.13 bits per heavy atom. The Labute approximate surface area is 93.0 Å². The van der Waals surface area contributed by atoms with E-state index in [0.29, 0.717) is 24.2 Å². The van der Waals surface area contributed by atoms with Gasteiger partial charge in [0.25, 0.3) is 0 Å². The van der Waals surface area contributed by atoms with Gasteiger partial charge in [-0.2, -0.15) is 0 Å². The predicted molar refractivity (Wildman–Crippen MR) is 61.9 cm³/mol. The third-order valence-corrected chi connectivity index (χ3v) is 4.38. The molecule has 0 aromatic rings. The van der Waals surface area contributed by atoms with E-state index in [2.05, 4.69) is 4.90 Å². The van der Waals surface area contributed by atoms with Gasteiger partial charge >= 0.3 is 0 Å². The fourth-order valence-electron chi connectivity index (χ4n) is 3.17. The van der Waals surface area contributed by atoms with Gasteiger partial charge < -0.3 is 0 Å². The molecule has 2 rings (SSSR count).